The fourth-order valence-corrected chi connectivity index (χ4v) is 2.07. The van der Waals surface area contributed by atoms with Crippen LogP contribution in [0.3, 0.4) is 0 Å². The Kier molecular flexibility index (Phi) is 5.85. The molecule has 0 bridgehead atoms. The lowest BCUT2D eigenvalue weighted by Crippen LogP contribution is -2.30. The highest BCUT2D eigenvalue weighted by molar-refractivity contribution is 5.93. The SMILES string of the molecule is COCCN(C)C(=O)c1cc(N)nc(-c2ccc(NC(N)=O)cc2)n1. The Morgan fingerprint density at radius 3 is 2.52 bits per heavy atom. The number of nitrogens with zero attached hydrogens (tertiary/aromatic N) is 3. The van der Waals surface area contributed by atoms with Gasteiger partial charge in [0.15, 0.2) is 5.82 Å². The molecule has 9 heteroatoms. The summed E-state index contributed by atoms with van der Waals surface area (Å²) >= 11 is 0. The van der Waals surface area contributed by atoms with Crippen LogP contribution in [0.1, 0.15) is 10.5 Å². The van der Waals surface area contributed by atoms with Gasteiger partial charge in [0.25, 0.3) is 5.91 Å². The largest absolute Gasteiger partial charge is 0.384 e. The van der Waals surface area contributed by atoms with Gasteiger partial charge in [-0.25, -0.2) is 14.8 Å². The second-order valence-electron chi connectivity index (χ2n) is 5.29. The Morgan fingerprint density at radius 2 is 1.92 bits per heavy atom. The molecule has 2 aromatic rings. The number of nitrogens with one attached hydrogen (secondary N) is 1. The number of ether oxygens (including phenoxy) is 1. The number of likely N-dealkylation sites (N-methyl/N-ethyl adjacent to an activating group) is 1. The smallest absolute Gasteiger partial charge is 0.316 e. The van der Waals surface area contributed by atoms with Crippen molar-refractivity contribution in [1.29, 1.82) is 0 Å². The van der Waals surface area contributed by atoms with Crippen molar-refractivity contribution in [3.63, 3.8) is 0 Å². The molecule has 0 aliphatic carbocycles. The summed E-state index contributed by atoms with van der Waals surface area (Å²) in [6, 6.07) is 7.47. The standard InChI is InChI=1S/C16H20N6O3/c1-22(7-8-25-2)15(23)12-9-13(17)21-14(20-12)10-3-5-11(6-4-10)19-16(18)24/h3-6,9H,7-8H2,1-2H3,(H2,17,20,21)(H3,18,19,24). The Bertz CT molecular complexity index is 763. The van der Waals surface area contributed by atoms with Crippen LogP contribution in [0.4, 0.5) is 16.3 Å². The van der Waals surface area contributed by atoms with Crippen molar-refractivity contribution in [3.05, 3.63) is 36.0 Å². The molecule has 0 spiro atoms. The van der Waals surface area contributed by atoms with Crippen LogP contribution in [0.5, 0.6) is 0 Å². The maximum Gasteiger partial charge on any atom is 0.316 e. The molecule has 5 N–H and O–H groups in total. The highest BCUT2D eigenvalue weighted by atomic mass is 16.5. The van der Waals surface area contributed by atoms with Gasteiger partial charge in [0.05, 0.1) is 6.61 Å². The minimum atomic E-state index is -0.653. The first kappa shape index (κ1) is 18.1. The summed E-state index contributed by atoms with van der Waals surface area (Å²) in [6.07, 6.45) is 0. The molecule has 0 aliphatic rings. The van der Waals surface area contributed by atoms with Crippen molar-refractivity contribution in [1.82, 2.24) is 14.9 Å². The molecule has 132 valence electrons. The minimum Gasteiger partial charge on any atom is -0.384 e. The Hall–Kier alpha value is -3.20. The third-order valence-electron chi connectivity index (χ3n) is 3.35. The second kappa shape index (κ2) is 8.06. The van der Waals surface area contributed by atoms with E-state index in [2.05, 4.69) is 15.3 Å². The predicted molar refractivity (Wildman–Crippen MR) is 93.9 cm³/mol. The van der Waals surface area contributed by atoms with Gasteiger partial charge in [-0.1, -0.05) is 0 Å². The summed E-state index contributed by atoms with van der Waals surface area (Å²) in [5.74, 6) is 0.223. The number of nitrogens with two attached hydrogens (primary N) is 2. The minimum absolute atomic E-state index is 0.188. The maximum absolute atomic E-state index is 12.4. The number of urea groups is 1. The lowest BCUT2D eigenvalue weighted by molar-refractivity contribution is 0.0738. The first-order chi connectivity index (χ1) is 11.9. The van der Waals surface area contributed by atoms with E-state index >= 15 is 0 Å². The topological polar surface area (TPSA) is 136 Å². The highest BCUT2D eigenvalue weighted by Gasteiger charge is 2.16. The average Bonchev–Trinajstić information content (AvgIpc) is 2.58. The summed E-state index contributed by atoms with van der Waals surface area (Å²) in [7, 11) is 3.22. The number of benzene rings is 1. The number of anilines is 2. The van der Waals surface area contributed by atoms with Crippen LogP contribution in [0, 0.1) is 0 Å². The zero-order valence-electron chi connectivity index (χ0n) is 14.0. The van der Waals surface area contributed by atoms with Crippen LogP contribution in [0.25, 0.3) is 11.4 Å². The quantitative estimate of drug-likeness (QED) is 0.713. The van der Waals surface area contributed by atoms with Crippen molar-refractivity contribution >= 4 is 23.4 Å². The van der Waals surface area contributed by atoms with Gasteiger partial charge in [-0.2, -0.15) is 0 Å². The Balaban J connectivity index is 2.26. The molecule has 3 amide bonds. The van der Waals surface area contributed by atoms with Crippen LogP contribution >= 0.6 is 0 Å². The molecule has 9 nitrogen and oxygen atoms in total. The number of hydrogen-bond acceptors (Lipinski definition) is 6. The van der Waals surface area contributed by atoms with E-state index in [4.69, 9.17) is 16.2 Å². The number of amides is 3. The van der Waals surface area contributed by atoms with E-state index in [-0.39, 0.29) is 17.4 Å². The van der Waals surface area contributed by atoms with Crippen LogP contribution in [-0.4, -0.2) is 54.1 Å². The van der Waals surface area contributed by atoms with E-state index in [0.29, 0.717) is 30.2 Å². The van der Waals surface area contributed by atoms with Crippen LogP contribution in [-0.2, 0) is 4.74 Å². The fraction of sp³-hybridized carbons (Fsp3) is 0.250. The first-order valence-corrected chi connectivity index (χ1v) is 7.46. The molecule has 0 fully saturated rings. The number of nitrogen functional groups attached to an aromatic ring is 1. The first-order valence-electron chi connectivity index (χ1n) is 7.46. The molecule has 1 aromatic heterocycles. The monoisotopic (exact) mass is 344 g/mol. The third kappa shape index (κ3) is 4.88. The normalized spacial score (nSPS) is 10.3. The van der Waals surface area contributed by atoms with E-state index < -0.39 is 6.03 Å². The van der Waals surface area contributed by atoms with Gasteiger partial charge in [-0.3, -0.25) is 4.79 Å². The average molecular weight is 344 g/mol. The summed E-state index contributed by atoms with van der Waals surface area (Å²) in [4.78, 5) is 33.2. The zero-order chi connectivity index (χ0) is 18.4. The van der Waals surface area contributed by atoms with Crippen LogP contribution in [0.15, 0.2) is 30.3 Å². The van der Waals surface area contributed by atoms with Gasteiger partial charge >= 0.3 is 6.03 Å². The molecule has 2 rings (SSSR count). The van der Waals surface area contributed by atoms with E-state index in [1.807, 2.05) is 0 Å². The van der Waals surface area contributed by atoms with Gasteiger partial charge < -0.3 is 26.4 Å². The molecular formula is C16H20N6O3. The summed E-state index contributed by atoms with van der Waals surface area (Å²) in [6.45, 7) is 0.853. The third-order valence-corrected chi connectivity index (χ3v) is 3.35. The molecule has 0 aliphatic heterocycles. The van der Waals surface area contributed by atoms with E-state index in [1.54, 1.807) is 38.4 Å². The molecule has 0 saturated heterocycles. The summed E-state index contributed by atoms with van der Waals surface area (Å²) in [5.41, 5.74) is 12.3. The highest BCUT2D eigenvalue weighted by Crippen LogP contribution is 2.20. The molecular weight excluding hydrogens is 324 g/mol. The molecule has 0 unspecified atom stereocenters. The maximum atomic E-state index is 12.4. The number of methoxy groups -OCH3 is 1. The number of hydrogen-bond donors (Lipinski definition) is 3. The van der Waals surface area contributed by atoms with Crippen LogP contribution in [0.2, 0.25) is 0 Å². The molecule has 1 aromatic carbocycles. The fourth-order valence-electron chi connectivity index (χ4n) is 2.07. The Morgan fingerprint density at radius 1 is 1.24 bits per heavy atom. The summed E-state index contributed by atoms with van der Waals surface area (Å²) < 4.78 is 4.96. The van der Waals surface area contributed by atoms with Gasteiger partial charge in [-0.15, -0.1) is 0 Å². The number of aromatic nitrogens is 2. The van der Waals surface area contributed by atoms with Gasteiger partial charge in [0.2, 0.25) is 0 Å². The van der Waals surface area contributed by atoms with Gasteiger partial charge in [0, 0.05) is 38.0 Å². The van der Waals surface area contributed by atoms with E-state index in [1.165, 1.54) is 11.0 Å². The van der Waals surface area contributed by atoms with E-state index in [9.17, 15) is 9.59 Å². The summed E-state index contributed by atoms with van der Waals surface area (Å²) in [5, 5.41) is 2.46. The number of primary amides is 1. The zero-order valence-corrected chi connectivity index (χ0v) is 14.0. The number of rotatable bonds is 6. The van der Waals surface area contributed by atoms with Gasteiger partial charge in [-0.05, 0) is 24.3 Å². The second-order valence-corrected chi connectivity index (χ2v) is 5.29. The molecule has 0 atom stereocenters. The van der Waals surface area contributed by atoms with Crippen molar-refractivity contribution in [2.45, 2.75) is 0 Å². The van der Waals surface area contributed by atoms with Crippen molar-refractivity contribution in [3.8, 4) is 11.4 Å². The van der Waals surface area contributed by atoms with E-state index in [0.717, 1.165) is 0 Å². The molecule has 1 heterocycles. The molecule has 25 heavy (non-hydrogen) atoms. The Labute approximate surface area is 145 Å². The molecule has 0 radical (unpaired) electrons. The number of carbonyl (C=O) groups is 2. The van der Waals surface area contributed by atoms with Crippen LogP contribution < -0.4 is 16.8 Å². The lowest BCUT2D eigenvalue weighted by Gasteiger charge is -2.16. The van der Waals surface area contributed by atoms with Crippen molar-refractivity contribution in [2.75, 3.05) is 38.4 Å². The molecule has 0 saturated carbocycles. The lowest BCUT2D eigenvalue weighted by atomic mass is 10.2. The van der Waals surface area contributed by atoms with Crippen molar-refractivity contribution in [2.24, 2.45) is 5.73 Å². The predicted octanol–water partition coefficient (Wildman–Crippen LogP) is 0.935. The number of carbonyl (C=O) groups excluding carboxylic acids is 2. The van der Waals surface area contributed by atoms with Crippen molar-refractivity contribution < 1.29 is 14.3 Å². The van der Waals surface area contributed by atoms with Gasteiger partial charge in [0.1, 0.15) is 11.5 Å².